The van der Waals surface area contributed by atoms with Gasteiger partial charge in [-0.2, -0.15) is 0 Å². The number of urea groups is 1. The second-order valence-corrected chi connectivity index (χ2v) is 12.8. The number of carbonyl (C=O) groups is 3. The van der Waals surface area contributed by atoms with Gasteiger partial charge in [0, 0.05) is 43.1 Å². The number of fused-ring (bicyclic) bond motifs is 1. The van der Waals surface area contributed by atoms with Gasteiger partial charge in [0.25, 0.3) is 0 Å². The van der Waals surface area contributed by atoms with Crippen molar-refractivity contribution in [1.29, 1.82) is 0 Å². The Morgan fingerprint density at radius 2 is 1.09 bits per heavy atom. The highest BCUT2D eigenvalue weighted by atomic mass is 35.5. The highest BCUT2D eigenvalue weighted by Gasteiger charge is 2.66. The lowest BCUT2D eigenvalue weighted by atomic mass is 9.52. The van der Waals surface area contributed by atoms with E-state index in [0.717, 1.165) is 5.56 Å². The molecule has 2 unspecified atom stereocenters. The maximum absolute atomic E-state index is 14.6. The van der Waals surface area contributed by atoms with E-state index >= 15 is 0 Å². The number of carbonyl (C=O) groups excluding carboxylic acids is 3. The molecular weight excluding hydrogens is 668 g/mol. The summed E-state index contributed by atoms with van der Waals surface area (Å²) in [4.78, 5) is 41.8. The first-order chi connectivity index (χ1) is 22.2. The monoisotopic (exact) mass is 687 g/mol. The zero-order chi connectivity index (χ0) is 32.2. The Labute approximate surface area is 283 Å². The van der Waals surface area contributed by atoms with Gasteiger partial charge in [-0.05, 0) is 89.0 Å². The quantitative estimate of drug-likeness (QED) is 0.184. The molecule has 2 N–H and O–H groups in total. The summed E-state index contributed by atoms with van der Waals surface area (Å²) >= 11 is 25.0. The molecule has 4 amide bonds. The molecule has 2 atom stereocenters. The highest BCUT2D eigenvalue weighted by molar-refractivity contribution is 6.31. The number of hydrogen-bond donors (Lipinski definition) is 2. The number of nitrogens with one attached hydrogen (secondary N) is 2. The van der Waals surface area contributed by atoms with E-state index in [4.69, 9.17) is 50.9 Å². The fourth-order valence-corrected chi connectivity index (χ4v) is 7.01. The average Bonchev–Trinajstić information content (AvgIpc) is 3.47. The summed E-state index contributed by atoms with van der Waals surface area (Å²) in [5, 5.41) is 11.4. The standard InChI is InChI=1S/C35H21Cl4N3O4/c36-22-9-1-18(2-10-22)17-26-28(19-3-11-23(37)12-4-19)35(32(43)40-34(45)41-33(35)44)29(20-5-13-24(38)14-6-20)27-30(26)42-46-31(27)21-7-15-25(39)16-8-21/h1-17,28-29H,(H2,40,41,43,44,45)/b26-17-. The number of allylic oxidation sites excluding steroid dienone is 1. The van der Waals surface area contributed by atoms with Gasteiger partial charge < -0.3 is 4.52 Å². The molecule has 2 aliphatic rings. The van der Waals surface area contributed by atoms with Crippen LogP contribution >= 0.6 is 46.4 Å². The van der Waals surface area contributed by atoms with Gasteiger partial charge >= 0.3 is 6.03 Å². The van der Waals surface area contributed by atoms with E-state index in [1.807, 2.05) is 18.2 Å². The number of nitrogens with zero attached hydrogens (tertiary/aromatic N) is 1. The normalized spacial score (nSPS) is 19.6. The Kier molecular flexibility index (Phi) is 7.73. The van der Waals surface area contributed by atoms with Gasteiger partial charge in [-0.25, -0.2) is 4.79 Å². The molecule has 5 aromatic rings. The number of rotatable bonds is 4. The second kappa shape index (κ2) is 11.8. The molecule has 7 nitrogen and oxygen atoms in total. The summed E-state index contributed by atoms with van der Waals surface area (Å²) in [5.41, 5.74) is 1.97. The third-order valence-corrected chi connectivity index (χ3v) is 9.43. The molecule has 1 saturated heterocycles. The number of barbiturate groups is 1. The van der Waals surface area contributed by atoms with Crippen molar-refractivity contribution in [2.45, 2.75) is 11.8 Å². The van der Waals surface area contributed by atoms with Crippen LogP contribution in [0.3, 0.4) is 0 Å². The molecule has 46 heavy (non-hydrogen) atoms. The minimum Gasteiger partial charge on any atom is -0.355 e. The first-order valence-electron chi connectivity index (χ1n) is 14.1. The molecular formula is C35H21Cl4N3O4. The predicted octanol–water partition coefficient (Wildman–Crippen LogP) is 8.78. The number of halogens is 4. The Hall–Kier alpha value is -4.40. The molecule has 7 rings (SSSR count). The molecule has 4 aromatic carbocycles. The van der Waals surface area contributed by atoms with Crippen LogP contribution in [0, 0.1) is 5.41 Å². The van der Waals surface area contributed by atoms with Crippen LogP contribution in [0.2, 0.25) is 20.1 Å². The number of hydrogen-bond acceptors (Lipinski definition) is 5. The maximum Gasteiger partial charge on any atom is 0.328 e. The van der Waals surface area contributed by atoms with Crippen molar-refractivity contribution >= 4 is 75.9 Å². The van der Waals surface area contributed by atoms with Crippen LogP contribution in [-0.2, 0) is 9.59 Å². The van der Waals surface area contributed by atoms with Crippen LogP contribution in [-0.4, -0.2) is 23.0 Å². The largest absolute Gasteiger partial charge is 0.355 e. The van der Waals surface area contributed by atoms with E-state index < -0.39 is 35.1 Å². The van der Waals surface area contributed by atoms with Gasteiger partial charge in [0.1, 0.15) is 5.69 Å². The predicted molar refractivity (Wildman–Crippen MR) is 178 cm³/mol. The van der Waals surface area contributed by atoms with Crippen LogP contribution in [0.5, 0.6) is 0 Å². The minimum absolute atomic E-state index is 0.333. The first kappa shape index (κ1) is 30.3. The lowest BCUT2D eigenvalue weighted by molar-refractivity contribution is -0.146. The van der Waals surface area contributed by atoms with Crippen molar-refractivity contribution in [2.24, 2.45) is 5.41 Å². The summed E-state index contributed by atoms with van der Waals surface area (Å²) in [6.45, 7) is 0. The molecule has 11 heteroatoms. The van der Waals surface area contributed by atoms with Crippen LogP contribution in [0.15, 0.2) is 102 Å². The van der Waals surface area contributed by atoms with E-state index in [-0.39, 0.29) is 0 Å². The lowest BCUT2D eigenvalue weighted by Crippen LogP contribution is -2.67. The Morgan fingerprint density at radius 3 is 1.61 bits per heavy atom. The lowest BCUT2D eigenvalue weighted by Gasteiger charge is -2.49. The van der Waals surface area contributed by atoms with Crippen molar-refractivity contribution in [2.75, 3.05) is 0 Å². The zero-order valence-corrected chi connectivity index (χ0v) is 26.6. The number of benzene rings is 4. The van der Waals surface area contributed by atoms with Crippen LogP contribution in [0.4, 0.5) is 4.79 Å². The summed E-state index contributed by atoms with van der Waals surface area (Å²) in [5.74, 6) is -3.22. The molecule has 0 bridgehead atoms. The van der Waals surface area contributed by atoms with E-state index in [9.17, 15) is 14.4 Å². The molecule has 1 spiro atoms. The third-order valence-electron chi connectivity index (χ3n) is 8.42. The van der Waals surface area contributed by atoms with Gasteiger partial charge in [0.05, 0.1) is 0 Å². The Bertz CT molecular complexity index is 2020. The number of amides is 4. The molecule has 1 aliphatic carbocycles. The Morgan fingerprint density at radius 1 is 0.630 bits per heavy atom. The Balaban J connectivity index is 1.64. The summed E-state index contributed by atoms with van der Waals surface area (Å²) in [6, 6.07) is 26.9. The SMILES string of the molecule is O=C1NC(=O)C2(C(=O)N1)C(c1ccc(Cl)cc1)/C(=C/c1ccc(Cl)cc1)c1noc(-c3ccc(Cl)cc3)c1C2c1ccc(Cl)cc1. The van der Waals surface area contributed by atoms with E-state index in [2.05, 4.69) is 15.8 Å². The van der Waals surface area contributed by atoms with Crippen molar-refractivity contribution < 1.29 is 18.9 Å². The fraction of sp³-hybridized carbons (Fsp3) is 0.0857. The molecule has 1 aromatic heterocycles. The fourth-order valence-electron chi connectivity index (χ4n) is 6.50. The van der Waals surface area contributed by atoms with Crippen LogP contribution in [0.1, 0.15) is 39.8 Å². The summed E-state index contributed by atoms with van der Waals surface area (Å²) in [6.07, 6.45) is 1.85. The molecule has 228 valence electrons. The second-order valence-electron chi connectivity index (χ2n) is 11.0. The topological polar surface area (TPSA) is 101 Å². The smallest absolute Gasteiger partial charge is 0.328 e. The molecule has 0 radical (unpaired) electrons. The third kappa shape index (κ3) is 5.00. The van der Waals surface area contributed by atoms with E-state index in [1.165, 1.54) is 0 Å². The summed E-state index contributed by atoms with van der Waals surface area (Å²) < 4.78 is 6.10. The zero-order valence-electron chi connectivity index (χ0n) is 23.6. The van der Waals surface area contributed by atoms with Crippen molar-refractivity contribution in [3.8, 4) is 11.3 Å². The van der Waals surface area contributed by atoms with E-state index in [1.54, 1.807) is 84.9 Å². The summed E-state index contributed by atoms with van der Waals surface area (Å²) in [7, 11) is 0. The molecule has 1 fully saturated rings. The van der Waals surface area contributed by atoms with Gasteiger partial charge in [-0.3, -0.25) is 20.2 Å². The number of imide groups is 2. The number of aromatic nitrogens is 1. The minimum atomic E-state index is -1.96. The molecule has 1 aliphatic heterocycles. The van der Waals surface area contributed by atoms with Gasteiger partial charge in [0.2, 0.25) is 11.8 Å². The molecule has 2 heterocycles. The highest BCUT2D eigenvalue weighted by Crippen LogP contribution is 2.63. The van der Waals surface area contributed by atoms with Crippen LogP contribution < -0.4 is 10.6 Å². The molecule has 0 saturated carbocycles. The van der Waals surface area contributed by atoms with Crippen molar-refractivity contribution in [1.82, 2.24) is 15.8 Å². The maximum atomic E-state index is 14.6. The van der Waals surface area contributed by atoms with Crippen molar-refractivity contribution in [3.05, 3.63) is 145 Å². The van der Waals surface area contributed by atoms with Crippen molar-refractivity contribution in [3.63, 3.8) is 0 Å². The van der Waals surface area contributed by atoms with Crippen LogP contribution in [0.25, 0.3) is 23.0 Å². The van der Waals surface area contributed by atoms with Gasteiger partial charge in [-0.1, -0.05) is 88.0 Å². The van der Waals surface area contributed by atoms with E-state index in [0.29, 0.717) is 59.4 Å². The van der Waals surface area contributed by atoms with Gasteiger partial charge in [-0.15, -0.1) is 0 Å². The average molecular weight is 689 g/mol. The first-order valence-corrected chi connectivity index (χ1v) is 15.6. The van der Waals surface area contributed by atoms with Gasteiger partial charge in [0.15, 0.2) is 11.2 Å².